The molecule has 50 heavy (non-hydrogen) atoms. The highest BCUT2D eigenvalue weighted by Gasteiger charge is 2.22. The summed E-state index contributed by atoms with van der Waals surface area (Å²) < 4.78 is 16.2. The van der Waals surface area contributed by atoms with Gasteiger partial charge in [-0.1, -0.05) is 138 Å². The smallest absolute Gasteiger partial charge is 0.361 e. The number of aliphatic hydroxyl groups is 1. The van der Waals surface area contributed by atoms with E-state index >= 15 is 0 Å². The molecule has 0 aliphatic heterocycles. The van der Waals surface area contributed by atoms with Crippen molar-refractivity contribution in [1.29, 1.82) is 0 Å². The van der Waals surface area contributed by atoms with E-state index in [0.29, 0.717) is 17.4 Å². The molecule has 2 atom stereocenters. The quantitative estimate of drug-likeness (QED) is 0.0223. The van der Waals surface area contributed by atoms with Crippen molar-refractivity contribution in [3.8, 4) is 0 Å². The number of ether oxygens (including phenoxy) is 3. The van der Waals surface area contributed by atoms with Gasteiger partial charge in [0.25, 0.3) is 6.29 Å². The van der Waals surface area contributed by atoms with Gasteiger partial charge in [0.15, 0.2) is 0 Å². The minimum absolute atomic E-state index is 0.208. The molecular formula is C42H74NO7+. The van der Waals surface area contributed by atoms with Crippen LogP contribution in [0.15, 0.2) is 60.8 Å². The van der Waals surface area contributed by atoms with Crippen molar-refractivity contribution in [1.82, 2.24) is 0 Å². The predicted octanol–water partition coefficient (Wildman–Crippen LogP) is 9.64. The van der Waals surface area contributed by atoms with Gasteiger partial charge in [0.2, 0.25) is 0 Å². The standard InChI is InChI=1S/C42H73NO7/c1-5-6-7-8-9-10-11-12-13-14-15-16-17-18-19-20-21-22-23-24-25-26-27-28-29-30-31-32-33-34-40(45)49-37-39(44)38-50-42(41(46)47)48-36-35-43(2,3)4/h6-7,9-10,12-13,15-16,18-19,39,42,44H,5,8,11,14,17,20-38H2,1-4H3/p+1/b7-6-,10-9-,13-12-,16-15-,19-18-. The first-order valence-electron chi connectivity index (χ1n) is 19.5. The van der Waals surface area contributed by atoms with Crippen molar-refractivity contribution in [2.45, 2.75) is 148 Å². The minimum atomic E-state index is -1.46. The summed E-state index contributed by atoms with van der Waals surface area (Å²) >= 11 is 0. The lowest BCUT2D eigenvalue weighted by Crippen LogP contribution is -2.40. The van der Waals surface area contributed by atoms with Gasteiger partial charge in [-0.05, 0) is 51.4 Å². The molecular weight excluding hydrogens is 630 g/mol. The highest BCUT2D eigenvalue weighted by Crippen LogP contribution is 2.14. The van der Waals surface area contributed by atoms with Crippen molar-refractivity contribution in [3.63, 3.8) is 0 Å². The fourth-order valence-corrected chi connectivity index (χ4v) is 4.98. The first-order valence-corrected chi connectivity index (χ1v) is 19.5. The van der Waals surface area contributed by atoms with Gasteiger partial charge in [-0.15, -0.1) is 0 Å². The van der Waals surface area contributed by atoms with Crippen LogP contribution in [0.4, 0.5) is 0 Å². The number of likely N-dealkylation sites (N-methyl/N-ethyl adjacent to an activating group) is 1. The fraction of sp³-hybridized carbons (Fsp3) is 0.714. The van der Waals surface area contributed by atoms with Crippen molar-refractivity contribution in [3.05, 3.63) is 60.8 Å². The highest BCUT2D eigenvalue weighted by atomic mass is 16.7. The van der Waals surface area contributed by atoms with E-state index in [9.17, 15) is 19.8 Å². The summed E-state index contributed by atoms with van der Waals surface area (Å²) in [4.78, 5) is 23.3. The van der Waals surface area contributed by atoms with Gasteiger partial charge < -0.3 is 28.9 Å². The summed E-state index contributed by atoms with van der Waals surface area (Å²) in [7, 11) is 5.91. The maximum Gasteiger partial charge on any atom is 0.361 e. The van der Waals surface area contributed by atoms with Crippen LogP contribution in [0.2, 0.25) is 0 Å². The first kappa shape index (κ1) is 47.5. The van der Waals surface area contributed by atoms with Crippen LogP contribution in [0, 0.1) is 0 Å². The average Bonchev–Trinajstić information content (AvgIpc) is 3.07. The molecule has 0 aliphatic rings. The van der Waals surface area contributed by atoms with E-state index in [0.717, 1.165) is 51.4 Å². The minimum Gasteiger partial charge on any atom is -0.477 e. The second kappa shape index (κ2) is 34.9. The van der Waals surface area contributed by atoms with Crippen molar-refractivity contribution < 1.29 is 38.5 Å². The number of aliphatic hydroxyl groups excluding tert-OH is 1. The molecule has 0 aromatic rings. The third kappa shape index (κ3) is 36.8. The van der Waals surface area contributed by atoms with Gasteiger partial charge in [-0.25, -0.2) is 4.79 Å². The molecule has 0 heterocycles. The average molecular weight is 705 g/mol. The van der Waals surface area contributed by atoms with E-state index < -0.39 is 18.4 Å². The van der Waals surface area contributed by atoms with Crippen LogP contribution >= 0.6 is 0 Å². The van der Waals surface area contributed by atoms with Crippen LogP contribution in [-0.4, -0.2) is 86.5 Å². The number of quaternary nitrogens is 1. The molecule has 0 fully saturated rings. The Morgan fingerprint density at radius 3 is 1.50 bits per heavy atom. The van der Waals surface area contributed by atoms with Gasteiger partial charge in [0.1, 0.15) is 19.3 Å². The Hall–Kier alpha value is -2.52. The number of unbranched alkanes of at least 4 members (excludes halogenated alkanes) is 13. The van der Waals surface area contributed by atoms with Crippen molar-refractivity contribution >= 4 is 11.9 Å². The number of allylic oxidation sites excluding steroid dienone is 10. The molecule has 0 bridgehead atoms. The molecule has 8 nitrogen and oxygen atoms in total. The number of carbonyl (C=O) groups is 2. The van der Waals surface area contributed by atoms with Crippen molar-refractivity contribution in [2.75, 3.05) is 47.5 Å². The molecule has 0 saturated carbocycles. The van der Waals surface area contributed by atoms with Crippen LogP contribution in [0.3, 0.4) is 0 Å². The van der Waals surface area contributed by atoms with E-state index in [1.807, 2.05) is 21.1 Å². The van der Waals surface area contributed by atoms with E-state index in [1.54, 1.807) is 0 Å². The molecule has 0 aromatic heterocycles. The topological polar surface area (TPSA) is 102 Å². The molecule has 0 aromatic carbocycles. The van der Waals surface area contributed by atoms with Gasteiger partial charge in [0.05, 0.1) is 34.4 Å². The molecule has 0 spiro atoms. The Balaban J connectivity index is 3.51. The maximum atomic E-state index is 12.0. The number of hydrogen-bond donors (Lipinski definition) is 2. The van der Waals surface area contributed by atoms with Gasteiger partial charge >= 0.3 is 11.9 Å². The SMILES string of the molecule is CC/C=C\C/C=C\C/C=C\C/C=C\C/C=C\CCCCCCCCCCCCCCCC(=O)OCC(O)COC(OCC[N+](C)(C)C)C(=O)O. The summed E-state index contributed by atoms with van der Waals surface area (Å²) in [5.41, 5.74) is 0. The van der Waals surface area contributed by atoms with Gasteiger partial charge in [0, 0.05) is 6.42 Å². The molecule has 0 radical (unpaired) electrons. The lowest BCUT2D eigenvalue weighted by atomic mass is 10.0. The van der Waals surface area contributed by atoms with Gasteiger partial charge in [-0.2, -0.15) is 0 Å². The molecule has 0 aliphatic carbocycles. The number of aliphatic carboxylic acids is 1. The molecule has 8 heteroatoms. The number of hydrogen-bond acceptors (Lipinski definition) is 6. The Labute approximate surface area is 305 Å². The highest BCUT2D eigenvalue weighted by molar-refractivity contribution is 5.70. The van der Waals surface area contributed by atoms with Crippen molar-refractivity contribution in [2.24, 2.45) is 0 Å². The zero-order chi connectivity index (χ0) is 37.0. The predicted molar refractivity (Wildman–Crippen MR) is 207 cm³/mol. The summed E-state index contributed by atoms with van der Waals surface area (Å²) in [6.07, 6.45) is 42.6. The Kier molecular flexibility index (Phi) is 33.1. The Morgan fingerprint density at radius 2 is 1.04 bits per heavy atom. The monoisotopic (exact) mass is 705 g/mol. The summed E-state index contributed by atoms with van der Waals surface area (Å²) in [5, 5.41) is 19.2. The van der Waals surface area contributed by atoms with Crippen LogP contribution < -0.4 is 0 Å². The largest absolute Gasteiger partial charge is 0.477 e. The third-order valence-corrected chi connectivity index (χ3v) is 8.02. The van der Waals surface area contributed by atoms with Gasteiger partial charge in [-0.3, -0.25) is 4.79 Å². The Morgan fingerprint density at radius 1 is 0.600 bits per heavy atom. The number of esters is 1. The second-order valence-corrected chi connectivity index (χ2v) is 14.1. The maximum absolute atomic E-state index is 12.0. The van der Waals surface area contributed by atoms with E-state index in [2.05, 4.69) is 67.7 Å². The number of carboxylic acid groups (broad SMARTS) is 1. The molecule has 0 rings (SSSR count). The fourth-order valence-electron chi connectivity index (χ4n) is 4.98. The zero-order valence-corrected chi connectivity index (χ0v) is 32.3. The normalized spacial score (nSPS) is 13.9. The number of nitrogens with zero attached hydrogens (tertiary/aromatic N) is 1. The second-order valence-electron chi connectivity index (χ2n) is 14.1. The van der Waals surface area contributed by atoms with Crippen LogP contribution in [0.1, 0.15) is 135 Å². The van der Waals surface area contributed by atoms with Crippen LogP contribution in [0.5, 0.6) is 0 Å². The van der Waals surface area contributed by atoms with Crippen LogP contribution in [0.25, 0.3) is 0 Å². The summed E-state index contributed by atoms with van der Waals surface area (Å²) in [5.74, 6) is -1.61. The first-order chi connectivity index (χ1) is 24.2. The molecule has 0 saturated heterocycles. The number of rotatable bonds is 35. The molecule has 288 valence electrons. The third-order valence-electron chi connectivity index (χ3n) is 8.02. The lowest BCUT2D eigenvalue weighted by molar-refractivity contribution is -0.870. The van der Waals surface area contributed by atoms with E-state index in [-0.39, 0.29) is 25.8 Å². The lowest BCUT2D eigenvalue weighted by Gasteiger charge is -2.24. The summed E-state index contributed by atoms with van der Waals surface area (Å²) in [6.45, 7) is 2.46. The number of carboxylic acids is 1. The summed E-state index contributed by atoms with van der Waals surface area (Å²) in [6, 6.07) is 0. The molecule has 2 N–H and O–H groups in total. The Bertz CT molecular complexity index is 948. The molecule has 0 amide bonds. The van der Waals surface area contributed by atoms with E-state index in [1.165, 1.54) is 70.6 Å². The van der Waals surface area contributed by atoms with E-state index in [4.69, 9.17) is 14.2 Å². The molecule has 2 unspecified atom stereocenters. The number of carbonyl (C=O) groups excluding carboxylic acids is 1. The zero-order valence-electron chi connectivity index (χ0n) is 32.3. The van der Waals surface area contributed by atoms with Crippen LogP contribution in [-0.2, 0) is 23.8 Å².